The molecule has 1 saturated heterocycles. The number of hydrogen-bond acceptors (Lipinski definition) is 4. The SMILES string of the molecule is CN1C(=O)/C(=C\c2cc(Br)ccc2OCC(=O)O)NC1=S. The lowest BCUT2D eigenvalue weighted by Crippen LogP contribution is -2.25. The fourth-order valence-electron chi connectivity index (χ4n) is 1.68. The molecule has 0 atom stereocenters. The van der Waals surface area contributed by atoms with E-state index in [1.54, 1.807) is 31.3 Å². The smallest absolute Gasteiger partial charge is 0.341 e. The first-order chi connectivity index (χ1) is 9.88. The fourth-order valence-corrected chi connectivity index (χ4v) is 2.25. The minimum Gasteiger partial charge on any atom is -0.481 e. The maximum Gasteiger partial charge on any atom is 0.341 e. The summed E-state index contributed by atoms with van der Waals surface area (Å²) in [6.45, 7) is -0.461. The summed E-state index contributed by atoms with van der Waals surface area (Å²) in [6, 6.07) is 5.07. The Kier molecular flexibility index (Phi) is 4.59. The minimum absolute atomic E-state index is 0.260. The standard InChI is InChI=1S/C13H11BrN2O4S/c1-16-12(19)9(15-13(16)21)5-7-4-8(14)2-3-10(7)20-6-11(17)18/h2-5H,6H2,1H3,(H,15,21)(H,17,18)/b9-5+. The lowest BCUT2D eigenvalue weighted by Gasteiger charge is -2.08. The number of thiocarbonyl (C=S) groups is 1. The molecule has 0 bridgehead atoms. The van der Waals surface area contributed by atoms with Gasteiger partial charge in [-0.1, -0.05) is 15.9 Å². The third-order valence-electron chi connectivity index (χ3n) is 2.70. The van der Waals surface area contributed by atoms with Gasteiger partial charge in [0.2, 0.25) is 0 Å². The Balaban J connectivity index is 2.34. The number of aliphatic carboxylic acids is 1. The van der Waals surface area contributed by atoms with E-state index in [9.17, 15) is 9.59 Å². The van der Waals surface area contributed by atoms with Gasteiger partial charge in [0.1, 0.15) is 11.4 Å². The zero-order chi connectivity index (χ0) is 15.6. The number of carboxylic acids is 1. The number of nitrogens with zero attached hydrogens (tertiary/aromatic N) is 1. The molecule has 0 unspecified atom stereocenters. The van der Waals surface area contributed by atoms with Crippen LogP contribution in [0.15, 0.2) is 28.4 Å². The number of carbonyl (C=O) groups excluding carboxylic acids is 1. The van der Waals surface area contributed by atoms with Crippen LogP contribution in [0.4, 0.5) is 0 Å². The second-order valence-corrected chi connectivity index (χ2v) is 5.52. The second-order valence-electron chi connectivity index (χ2n) is 4.22. The predicted molar refractivity (Wildman–Crippen MR) is 83.8 cm³/mol. The number of rotatable bonds is 4. The molecule has 0 spiro atoms. The molecule has 1 heterocycles. The van der Waals surface area contributed by atoms with E-state index < -0.39 is 12.6 Å². The van der Waals surface area contributed by atoms with Crippen LogP contribution in [0.1, 0.15) is 5.56 Å². The monoisotopic (exact) mass is 370 g/mol. The molecule has 1 amide bonds. The number of carbonyl (C=O) groups is 2. The van der Waals surface area contributed by atoms with Crippen molar-refractivity contribution in [3.8, 4) is 5.75 Å². The minimum atomic E-state index is -1.08. The molecule has 1 fully saturated rings. The van der Waals surface area contributed by atoms with Crippen LogP contribution in [0, 0.1) is 0 Å². The van der Waals surface area contributed by atoms with Crippen LogP contribution >= 0.6 is 28.1 Å². The van der Waals surface area contributed by atoms with E-state index >= 15 is 0 Å². The molecule has 8 heteroatoms. The molecule has 0 aliphatic carbocycles. The van der Waals surface area contributed by atoms with Gasteiger partial charge >= 0.3 is 5.97 Å². The summed E-state index contributed by atoms with van der Waals surface area (Å²) < 4.78 is 5.98. The number of hydrogen-bond donors (Lipinski definition) is 2. The van der Waals surface area contributed by atoms with Crippen LogP contribution in [0.25, 0.3) is 6.08 Å². The van der Waals surface area contributed by atoms with E-state index in [0.717, 1.165) is 4.47 Å². The van der Waals surface area contributed by atoms with Gasteiger partial charge in [-0.2, -0.15) is 0 Å². The third kappa shape index (κ3) is 3.59. The van der Waals surface area contributed by atoms with E-state index in [-0.39, 0.29) is 5.91 Å². The zero-order valence-electron chi connectivity index (χ0n) is 10.9. The molecule has 2 rings (SSSR count). The van der Waals surface area contributed by atoms with Crippen LogP contribution < -0.4 is 10.1 Å². The van der Waals surface area contributed by atoms with E-state index in [0.29, 0.717) is 22.1 Å². The van der Waals surface area contributed by atoms with E-state index in [1.807, 2.05) is 0 Å². The number of benzene rings is 1. The maximum absolute atomic E-state index is 11.9. The largest absolute Gasteiger partial charge is 0.481 e. The van der Waals surface area contributed by atoms with Crippen molar-refractivity contribution in [2.24, 2.45) is 0 Å². The first-order valence-corrected chi connectivity index (χ1v) is 7.03. The van der Waals surface area contributed by atoms with Crippen molar-refractivity contribution < 1.29 is 19.4 Å². The first kappa shape index (κ1) is 15.5. The highest BCUT2D eigenvalue weighted by Gasteiger charge is 2.27. The molecule has 1 aliphatic heterocycles. The molecule has 110 valence electrons. The average Bonchev–Trinajstić information content (AvgIpc) is 2.65. The van der Waals surface area contributed by atoms with Crippen molar-refractivity contribution in [2.75, 3.05) is 13.7 Å². The first-order valence-electron chi connectivity index (χ1n) is 5.83. The molecular weight excluding hydrogens is 360 g/mol. The number of amides is 1. The van der Waals surface area contributed by atoms with Gasteiger partial charge in [-0.25, -0.2) is 4.79 Å². The Bertz CT molecular complexity index is 660. The van der Waals surface area contributed by atoms with Crippen LogP contribution in [-0.4, -0.2) is 40.6 Å². The number of ether oxygens (including phenoxy) is 1. The van der Waals surface area contributed by atoms with Crippen molar-refractivity contribution in [3.05, 3.63) is 33.9 Å². The molecule has 6 nitrogen and oxygen atoms in total. The Labute approximate surface area is 134 Å². The van der Waals surface area contributed by atoms with Gasteiger partial charge in [0, 0.05) is 17.1 Å². The lowest BCUT2D eigenvalue weighted by molar-refractivity contribution is -0.139. The summed E-state index contributed by atoms with van der Waals surface area (Å²) in [6.07, 6.45) is 1.57. The van der Waals surface area contributed by atoms with Gasteiger partial charge in [-0.15, -0.1) is 0 Å². The van der Waals surface area contributed by atoms with Gasteiger partial charge in [-0.05, 0) is 36.5 Å². The summed E-state index contributed by atoms with van der Waals surface area (Å²) in [7, 11) is 1.57. The van der Waals surface area contributed by atoms with E-state index in [2.05, 4.69) is 21.2 Å². The number of nitrogens with one attached hydrogen (secondary N) is 1. The number of carboxylic acid groups (broad SMARTS) is 1. The Morgan fingerprint density at radius 1 is 1.57 bits per heavy atom. The molecule has 0 radical (unpaired) electrons. The lowest BCUT2D eigenvalue weighted by atomic mass is 10.1. The molecule has 1 aliphatic rings. The van der Waals surface area contributed by atoms with Crippen molar-refractivity contribution >= 4 is 51.2 Å². The van der Waals surface area contributed by atoms with Gasteiger partial charge in [-0.3, -0.25) is 9.69 Å². The topological polar surface area (TPSA) is 78.9 Å². The molecule has 0 saturated carbocycles. The molecule has 1 aromatic carbocycles. The average molecular weight is 371 g/mol. The normalized spacial score (nSPS) is 16.3. The van der Waals surface area contributed by atoms with Crippen LogP contribution in [0.3, 0.4) is 0 Å². The van der Waals surface area contributed by atoms with Crippen molar-refractivity contribution in [3.63, 3.8) is 0 Å². The molecule has 21 heavy (non-hydrogen) atoms. The van der Waals surface area contributed by atoms with Gasteiger partial charge in [0.15, 0.2) is 11.7 Å². The maximum atomic E-state index is 11.9. The van der Waals surface area contributed by atoms with Crippen molar-refractivity contribution in [2.45, 2.75) is 0 Å². The molecular formula is C13H11BrN2O4S. The van der Waals surface area contributed by atoms with E-state index in [4.69, 9.17) is 22.1 Å². The van der Waals surface area contributed by atoms with Crippen LogP contribution in [-0.2, 0) is 9.59 Å². The summed E-state index contributed by atoms with van der Waals surface area (Å²) in [5.41, 5.74) is 0.875. The Morgan fingerprint density at radius 2 is 2.29 bits per heavy atom. The molecule has 2 N–H and O–H groups in total. The summed E-state index contributed by atoms with van der Waals surface area (Å²) >= 11 is 8.31. The summed E-state index contributed by atoms with van der Waals surface area (Å²) in [5.74, 6) is -0.972. The number of halogens is 1. The van der Waals surface area contributed by atoms with E-state index in [1.165, 1.54) is 4.90 Å². The van der Waals surface area contributed by atoms with Gasteiger partial charge in [0.25, 0.3) is 5.91 Å². The quantitative estimate of drug-likeness (QED) is 0.619. The third-order valence-corrected chi connectivity index (χ3v) is 3.57. The Hall–Kier alpha value is -1.93. The summed E-state index contributed by atoms with van der Waals surface area (Å²) in [5, 5.41) is 11.8. The zero-order valence-corrected chi connectivity index (χ0v) is 13.3. The summed E-state index contributed by atoms with van der Waals surface area (Å²) in [4.78, 5) is 23.9. The highest BCUT2D eigenvalue weighted by atomic mass is 79.9. The van der Waals surface area contributed by atoms with Crippen molar-refractivity contribution in [1.29, 1.82) is 0 Å². The predicted octanol–water partition coefficient (Wildman–Crippen LogP) is 1.60. The van der Waals surface area contributed by atoms with Gasteiger partial charge < -0.3 is 15.2 Å². The molecule has 1 aromatic rings. The Morgan fingerprint density at radius 3 is 2.86 bits per heavy atom. The second kappa shape index (κ2) is 6.23. The fraction of sp³-hybridized carbons (Fsp3) is 0.154. The van der Waals surface area contributed by atoms with Crippen molar-refractivity contribution in [1.82, 2.24) is 10.2 Å². The molecule has 0 aromatic heterocycles. The van der Waals surface area contributed by atoms with Crippen LogP contribution in [0.5, 0.6) is 5.75 Å². The highest BCUT2D eigenvalue weighted by Crippen LogP contribution is 2.26. The van der Waals surface area contributed by atoms with Crippen LogP contribution in [0.2, 0.25) is 0 Å². The van der Waals surface area contributed by atoms with Gasteiger partial charge in [0.05, 0.1) is 0 Å². The number of likely N-dealkylation sites (N-methyl/N-ethyl adjacent to an activating group) is 1. The highest BCUT2D eigenvalue weighted by molar-refractivity contribution is 9.10.